The molecule has 0 amide bonds. The quantitative estimate of drug-likeness (QED) is 0.909. The zero-order chi connectivity index (χ0) is 15.7. The number of nitrogens with zero attached hydrogens (tertiary/aromatic N) is 2. The molecule has 1 saturated carbocycles. The van der Waals surface area contributed by atoms with Crippen LogP contribution < -0.4 is 5.73 Å². The molecule has 0 aromatic carbocycles. The standard InChI is InChI=1S/C17H31N3O/c1-12-7-6-8-17(18,11-12)15-19-14(21-20-15)9-13(2)10-16(3,4)5/h12-13H,6-11,18H2,1-5H3. The molecule has 1 aromatic heterocycles. The van der Waals surface area contributed by atoms with Crippen molar-refractivity contribution in [2.24, 2.45) is 23.0 Å². The first-order valence-electron chi connectivity index (χ1n) is 8.30. The van der Waals surface area contributed by atoms with Crippen molar-refractivity contribution < 1.29 is 4.52 Å². The highest BCUT2D eigenvalue weighted by Crippen LogP contribution is 2.36. The van der Waals surface area contributed by atoms with Crippen LogP contribution in [0.25, 0.3) is 0 Å². The van der Waals surface area contributed by atoms with E-state index in [1.807, 2.05) is 0 Å². The number of hydrogen-bond acceptors (Lipinski definition) is 4. The summed E-state index contributed by atoms with van der Waals surface area (Å²) in [5.41, 5.74) is 6.48. The lowest BCUT2D eigenvalue weighted by atomic mass is 9.76. The Morgan fingerprint density at radius 2 is 2.14 bits per heavy atom. The maximum Gasteiger partial charge on any atom is 0.226 e. The molecule has 0 aliphatic heterocycles. The zero-order valence-corrected chi connectivity index (χ0v) is 14.3. The van der Waals surface area contributed by atoms with E-state index in [2.05, 4.69) is 44.8 Å². The molecular weight excluding hydrogens is 262 g/mol. The molecule has 3 atom stereocenters. The summed E-state index contributed by atoms with van der Waals surface area (Å²) in [6.45, 7) is 11.3. The fraction of sp³-hybridized carbons (Fsp3) is 0.882. The molecule has 1 heterocycles. The van der Waals surface area contributed by atoms with Crippen LogP contribution in [0.4, 0.5) is 0 Å². The van der Waals surface area contributed by atoms with Gasteiger partial charge in [0.1, 0.15) is 0 Å². The van der Waals surface area contributed by atoms with E-state index in [-0.39, 0.29) is 5.54 Å². The predicted molar refractivity (Wildman–Crippen MR) is 84.7 cm³/mol. The van der Waals surface area contributed by atoms with Gasteiger partial charge in [0, 0.05) is 6.42 Å². The van der Waals surface area contributed by atoms with Gasteiger partial charge < -0.3 is 10.3 Å². The molecule has 2 rings (SSSR count). The summed E-state index contributed by atoms with van der Waals surface area (Å²) >= 11 is 0. The van der Waals surface area contributed by atoms with E-state index in [0.29, 0.717) is 23.1 Å². The maximum atomic E-state index is 6.53. The van der Waals surface area contributed by atoms with E-state index < -0.39 is 0 Å². The van der Waals surface area contributed by atoms with Crippen molar-refractivity contribution in [2.45, 2.75) is 78.7 Å². The van der Waals surface area contributed by atoms with Crippen molar-refractivity contribution in [1.82, 2.24) is 10.1 Å². The lowest BCUT2D eigenvalue weighted by Gasteiger charge is -2.33. The first-order valence-corrected chi connectivity index (χ1v) is 8.30. The molecule has 1 aliphatic carbocycles. The van der Waals surface area contributed by atoms with Crippen LogP contribution in [0.1, 0.15) is 78.4 Å². The van der Waals surface area contributed by atoms with Crippen LogP contribution in [-0.4, -0.2) is 10.1 Å². The van der Waals surface area contributed by atoms with Crippen LogP contribution in [0.5, 0.6) is 0 Å². The van der Waals surface area contributed by atoms with Gasteiger partial charge in [0.15, 0.2) is 5.82 Å². The van der Waals surface area contributed by atoms with Crippen LogP contribution in [0, 0.1) is 17.3 Å². The van der Waals surface area contributed by atoms with Crippen LogP contribution in [0.15, 0.2) is 4.52 Å². The second-order valence-corrected chi connectivity index (χ2v) is 8.44. The summed E-state index contributed by atoms with van der Waals surface area (Å²) in [6, 6.07) is 0. The molecule has 1 fully saturated rings. The number of hydrogen-bond donors (Lipinski definition) is 1. The Kier molecular flexibility index (Phi) is 4.76. The summed E-state index contributed by atoms with van der Waals surface area (Å²) < 4.78 is 5.46. The second kappa shape index (κ2) is 6.07. The molecule has 0 saturated heterocycles. The minimum absolute atomic E-state index is 0.330. The van der Waals surface area contributed by atoms with Gasteiger partial charge in [-0.3, -0.25) is 0 Å². The normalized spacial score (nSPS) is 28.6. The molecule has 4 heteroatoms. The van der Waals surface area contributed by atoms with Crippen molar-refractivity contribution in [1.29, 1.82) is 0 Å². The van der Waals surface area contributed by atoms with Crippen LogP contribution in [-0.2, 0) is 12.0 Å². The molecule has 0 radical (unpaired) electrons. The van der Waals surface area contributed by atoms with Crippen molar-refractivity contribution in [3.8, 4) is 0 Å². The highest BCUT2D eigenvalue weighted by Gasteiger charge is 2.37. The van der Waals surface area contributed by atoms with E-state index >= 15 is 0 Å². The maximum absolute atomic E-state index is 6.53. The van der Waals surface area contributed by atoms with Gasteiger partial charge in [-0.1, -0.05) is 52.6 Å². The molecule has 0 bridgehead atoms. The SMILES string of the molecule is CC(Cc1nc(C2(N)CCCC(C)C2)no1)CC(C)(C)C. The number of aromatic nitrogens is 2. The summed E-state index contributed by atoms with van der Waals surface area (Å²) in [6.07, 6.45) is 6.33. The Hall–Kier alpha value is -0.900. The van der Waals surface area contributed by atoms with E-state index in [0.717, 1.165) is 38.0 Å². The summed E-state index contributed by atoms with van der Waals surface area (Å²) in [4.78, 5) is 4.61. The summed E-state index contributed by atoms with van der Waals surface area (Å²) in [5, 5.41) is 4.18. The third-order valence-electron chi connectivity index (χ3n) is 4.43. The molecular formula is C17H31N3O. The van der Waals surface area contributed by atoms with Gasteiger partial charge >= 0.3 is 0 Å². The Bertz CT molecular complexity index is 463. The molecule has 1 aliphatic rings. The molecule has 4 nitrogen and oxygen atoms in total. The minimum atomic E-state index is -0.382. The highest BCUT2D eigenvalue weighted by atomic mass is 16.5. The molecule has 1 aromatic rings. The van der Waals surface area contributed by atoms with Gasteiger partial charge in [0.25, 0.3) is 0 Å². The highest BCUT2D eigenvalue weighted by molar-refractivity contribution is 5.06. The Balaban J connectivity index is 2.01. The van der Waals surface area contributed by atoms with E-state index in [1.54, 1.807) is 0 Å². The lowest BCUT2D eigenvalue weighted by molar-refractivity contribution is 0.221. The summed E-state index contributed by atoms with van der Waals surface area (Å²) in [5.74, 6) is 2.64. The van der Waals surface area contributed by atoms with E-state index in [9.17, 15) is 0 Å². The third-order valence-corrected chi connectivity index (χ3v) is 4.43. The lowest BCUT2D eigenvalue weighted by Crippen LogP contribution is -2.42. The van der Waals surface area contributed by atoms with Crippen molar-refractivity contribution in [3.63, 3.8) is 0 Å². The number of nitrogens with two attached hydrogens (primary N) is 1. The minimum Gasteiger partial charge on any atom is -0.339 e. The fourth-order valence-electron chi connectivity index (χ4n) is 3.75. The Morgan fingerprint density at radius 3 is 2.76 bits per heavy atom. The topological polar surface area (TPSA) is 64.9 Å². The zero-order valence-electron chi connectivity index (χ0n) is 14.3. The van der Waals surface area contributed by atoms with Crippen LogP contribution in [0.2, 0.25) is 0 Å². The molecule has 2 N–H and O–H groups in total. The average molecular weight is 293 g/mol. The van der Waals surface area contributed by atoms with Gasteiger partial charge in [-0.25, -0.2) is 0 Å². The van der Waals surface area contributed by atoms with Gasteiger partial charge in [-0.05, 0) is 36.5 Å². The van der Waals surface area contributed by atoms with Crippen LogP contribution >= 0.6 is 0 Å². The Morgan fingerprint density at radius 1 is 1.43 bits per heavy atom. The van der Waals surface area contributed by atoms with Gasteiger partial charge in [0.05, 0.1) is 5.54 Å². The first kappa shape index (κ1) is 16.5. The van der Waals surface area contributed by atoms with E-state index in [1.165, 1.54) is 6.42 Å². The molecule has 3 unspecified atom stereocenters. The van der Waals surface area contributed by atoms with Crippen LogP contribution in [0.3, 0.4) is 0 Å². The smallest absolute Gasteiger partial charge is 0.226 e. The fourth-order valence-corrected chi connectivity index (χ4v) is 3.75. The van der Waals surface area contributed by atoms with Crippen molar-refractivity contribution in [2.75, 3.05) is 0 Å². The molecule has 120 valence electrons. The van der Waals surface area contributed by atoms with Gasteiger partial charge in [-0.2, -0.15) is 4.98 Å². The first-order chi connectivity index (χ1) is 9.68. The van der Waals surface area contributed by atoms with Gasteiger partial charge in [-0.15, -0.1) is 0 Å². The second-order valence-electron chi connectivity index (χ2n) is 8.44. The van der Waals surface area contributed by atoms with Crippen molar-refractivity contribution in [3.05, 3.63) is 11.7 Å². The molecule has 0 spiro atoms. The Labute approximate surface area is 128 Å². The molecule has 21 heavy (non-hydrogen) atoms. The average Bonchev–Trinajstić information content (AvgIpc) is 2.75. The van der Waals surface area contributed by atoms with Crippen molar-refractivity contribution >= 4 is 0 Å². The largest absolute Gasteiger partial charge is 0.339 e. The third kappa shape index (κ3) is 4.53. The van der Waals surface area contributed by atoms with Gasteiger partial charge in [0.2, 0.25) is 5.89 Å². The monoisotopic (exact) mass is 293 g/mol. The summed E-state index contributed by atoms with van der Waals surface area (Å²) in [7, 11) is 0. The number of rotatable bonds is 4. The van der Waals surface area contributed by atoms with E-state index in [4.69, 9.17) is 10.3 Å². The predicted octanol–water partition coefficient (Wildman–Crippen LogP) is 4.05.